The third kappa shape index (κ3) is 5.37. The molecule has 0 aromatic rings. The number of hydrogen-bond acceptors (Lipinski definition) is 0. The predicted molar refractivity (Wildman–Crippen MR) is 73.7 cm³/mol. The molecule has 1 saturated carbocycles. The van der Waals surface area contributed by atoms with E-state index in [0.717, 1.165) is 11.8 Å². The summed E-state index contributed by atoms with van der Waals surface area (Å²) in [6.45, 7) is 9.56. The van der Waals surface area contributed by atoms with Crippen molar-refractivity contribution in [1.82, 2.24) is 0 Å². The molecule has 1 aliphatic carbocycles. The van der Waals surface area contributed by atoms with E-state index in [1.165, 1.54) is 57.8 Å². The van der Waals surface area contributed by atoms with Crippen molar-refractivity contribution >= 4 is 0 Å². The fraction of sp³-hybridized carbons (Fsp3) is 1.00. The molecule has 0 saturated heterocycles. The summed E-state index contributed by atoms with van der Waals surface area (Å²) in [5.41, 5.74) is 0.585. The summed E-state index contributed by atoms with van der Waals surface area (Å²) >= 11 is 0. The molecule has 0 heterocycles. The molecular formula is C16H32. The van der Waals surface area contributed by atoms with Crippen LogP contribution in [0.4, 0.5) is 0 Å². The lowest BCUT2D eigenvalue weighted by molar-refractivity contribution is 0.305. The molecule has 0 heteroatoms. The first kappa shape index (κ1) is 14.1. The van der Waals surface area contributed by atoms with Gasteiger partial charge in [0.05, 0.1) is 0 Å². The predicted octanol–water partition coefficient (Wildman–Crippen LogP) is 5.81. The van der Waals surface area contributed by atoms with Crippen molar-refractivity contribution in [3.05, 3.63) is 0 Å². The monoisotopic (exact) mass is 224 g/mol. The van der Waals surface area contributed by atoms with E-state index in [2.05, 4.69) is 27.7 Å². The number of unbranched alkanes of at least 4 members (excludes halogenated alkanes) is 2. The van der Waals surface area contributed by atoms with Crippen molar-refractivity contribution in [3.63, 3.8) is 0 Å². The highest BCUT2D eigenvalue weighted by Gasteiger charge is 2.20. The first-order valence-electron chi connectivity index (χ1n) is 7.53. The van der Waals surface area contributed by atoms with E-state index in [0.29, 0.717) is 5.41 Å². The van der Waals surface area contributed by atoms with Crippen LogP contribution < -0.4 is 0 Å². The molecule has 0 aliphatic heterocycles. The Morgan fingerprint density at radius 3 is 2.38 bits per heavy atom. The van der Waals surface area contributed by atoms with Gasteiger partial charge in [0.15, 0.2) is 0 Å². The van der Waals surface area contributed by atoms with E-state index in [1.54, 1.807) is 0 Å². The summed E-state index contributed by atoms with van der Waals surface area (Å²) in [5, 5.41) is 0. The highest BCUT2D eigenvalue weighted by molar-refractivity contribution is 4.73. The maximum atomic E-state index is 2.42. The van der Waals surface area contributed by atoms with Gasteiger partial charge in [-0.1, -0.05) is 72.6 Å². The molecule has 96 valence electrons. The van der Waals surface area contributed by atoms with Crippen molar-refractivity contribution in [1.29, 1.82) is 0 Å². The second kappa shape index (κ2) is 6.67. The lowest BCUT2D eigenvalue weighted by Gasteiger charge is -2.22. The second-order valence-electron chi connectivity index (χ2n) is 6.90. The number of rotatable bonds is 7. The van der Waals surface area contributed by atoms with Crippen LogP contribution in [-0.2, 0) is 0 Å². The van der Waals surface area contributed by atoms with Crippen molar-refractivity contribution in [2.75, 3.05) is 0 Å². The summed E-state index contributed by atoms with van der Waals surface area (Å²) in [6.07, 6.45) is 13.2. The van der Waals surface area contributed by atoms with Gasteiger partial charge in [-0.3, -0.25) is 0 Å². The summed E-state index contributed by atoms with van der Waals surface area (Å²) in [6, 6.07) is 0. The van der Waals surface area contributed by atoms with Gasteiger partial charge in [0.25, 0.3) is 0 Å². The average molecular weight is 224 g/mol. The molecule has 1 aliphatic rings. The Labute approximate surface area is 103 Å². The molecule has 16 heavy (non-hydrogen) atoms. The zero-order chi connectivity index (χ0) is 12.0. The standard InChI is InChI=1S/C16H32/c1-5-16(3,4)12-8-6-7-9-15-11-10-14(2)13-15/h14-15H,5-13H2,1-4H3/t14?,15-/m0/s1. The quantitative estimate of drug-likeness (QED) is 0.479. The first-order valence-corrected chi connectivity index (χ1v) is 7.53. The Morgan fingerprint density at radius 1 is 1.06 bits per heavy atom. The minimum Gasteiger partial charge on any atom is -0.0649 e. The molecule has 0 bridgehead atoms. The molecule has 0 nitrogen and oxygen atoms in total. The van der Waals surface area contributed by atoms with Gasteiger partial charge in [-0.05, 0) is 30.1 Å². The molecule has 0 amide bonds. The Bertz CT molecular complexity index is 180. The van der Waals surface area contributed by atoms with E-state index in [-0.39, 0.29) is 0 Å². The highest BCUT2D eigenvalue weighted by atomic mass is 14.3. The minimum atomic E-state index is 0.585. The van der Waals surface area contributed by atoms with Crippen molar-refractivity contribution < 1.29 is 0 Å². The van der Waals surface area contributed by atoms with Crippen LogP contribution in [0.3, 0.4) is 0 Å². The molecule has 1 rings (SSSR count). The fourth-order valence-electron chi connectivity index (χ4n) is 2.98. The zero-order valence-electron chi connectivity index (χ0n) is 12.0. The van der Waals surface area contributed by atoms with Gasteiger partial charge in [0.1, 0.15) is 0 Å². The maximum Gasteiger partial charge on any atom is -0.0357 e. The molecule has 2 atom stereocenters. The SMILES string of the molecule is CCC(C)(C)CCCCC[C@H]1CCC(C)C1. The lowest BCUT2D eigenvalue weighted by atomic mass is 9.84. The molecule has 0 spiro atoms. The van der Waals surface area contributed by atoms with Crippen molar-refractivity contribution in [3.8, 4) is 0 Å². The molecule has 0 radical (unpaired) electrons. The molecule has 0 N–H and O–H groups in total. The van der Waals surface area contributed by atoms with Crippen LogP contribution in [0.5, 0.6) is 0 Å². The van der Waals surface area contributed by atoms with Gasteiger partial charge in [0.2, 0.25) is 0 Å². The maximum absolute atomic E-state index is 2.42. The smallest absolute Gasteiger partial charge is 0.0357 e. The normalized spacial score (nSPS) is 26.2. The highest BCUT2D eigenvalue weighted by Crippen LogP contribution is 2.34. The molecule has 1 fully saturated rings. The van der Waals surface area contributed by atoms with E-state index >= 15 is 0 Å². The van der Waals surface area contributed by atoms with E-state index in [1.807, 2.05) is 0 Å². The summed E-state index contributed by atoms with van der Waals surface area (Å²) in [5.74, 6) is 2.10. The third-order valence-corrected chi connectivity index (χ3v) is 4.73. The summed E-state index contributed by atoms with van der Waals surface area (Å²) < 4.78 is 0. The Kier molecular flexibility index (Phi) is 5.86. The molecular weight excluding hydrogens is 192 g/mol. The van der Waals surface area contributed by atoms with Gasteiger partial charge in [0, 0.05) is 0 Å². The van der Waals surface area contributed by atoms with Crippen LogP contribution in [0.2, 0.25) is 0 Å². The van der Waals surface area contributed by atoms with Gasteiger partial charge < -0.3 is 0 Å². The van der Waals surface area contributed by atoms with E-state index in [4.69, 9.17) is 0 Å². The average Bonchev–Trinajstić information content (AvgIpc) is 2.64. The number of hydrogen-bond donors (Lipinski definition) is 0. The molecule has 0 aromatic carbocycles. The van der Waals surface area contributed by atoms with Crippen molar-refractivity contribution in [2.45, 2.75) is 85.5 Å². The van der Waals surface area contributed by atoms with Gasteiger partial charge in [-0.25, -0.2) is 0 Å². The lowest BCUT2D eigenvalue weighted by Crippen LogP contribution is -2.08. The second-order valence-corrected chi connectivity index (χ2v) is 6.90. The van der Waals surface area contributed by atoms with Crippen LogP contribution in [0, 0.1) is 17.3 Å². The Hall–Kier alpha value is 0. The van der Waals surface area contributed by atoms with Crippen LogP contribution in [0.15, 0.2) is 0 Å². The Balaban J connectivity index is 1.96. The van der Waals surface area contributed by atoms with Crippen LogP contribution >= 0.6 is 0 Å². The van der Waals surface area contributed by atoms with Crippen LogP contribution in [-0.4, -0.2) is 0 Å². The van der Waals surface area contributed by atoms with E-state index in [9.17, 15) is 0 Å². The van der Waals surface area contributed by atoms with Gasteiger partial charge >= 0.3 is 0 Å². The van der Waals surface area contributed by atoms with E-state index < -0.39 is 0 Å². The molecule has 1 unspecified atom stereocenters. The van der Waals surface area contributed by atoms with Crippen LogP contribution in [0.25, 0.3) is 0 Å². The topological polar surface area (TPSA) is 0 Å². The largest absolute Gasteiger partial charge is 0.0649 e. The van der Waals surface area contributed by atoms with Gasteiger partial charge in [-0.15, -0.1) is 0 Å². The van der Waals surface area contributed by atoms with Gasteiger partial charge in [-0.2, -0.15) is 0 Å². The minimum absolute atomic E-state index is 0.585. The third-order valence-electron chi connectivity index (χ3n) is 4.73. The summed E-state index contributed by atoms with van der Waals surface area (Å²) in [7, 11) is 0. The zero-order valence-corrected chi connectivity index (χ0v) is 12.0. The fourth-order valence-corrected chi connectivity index (χ4v) is 2.98. The first-order chi connectivity index (χ1) is 7.53. The molecule has 0 aromatic heterocycles. The summed E-state index contributed by atoms with van der Waals surface area (Å²) in [4.78, 5) is 0. The Morgan fingerprint density at radius 2 is 1.81 bits per heavy atom. The van der Waals surface area contributed by atoms with Crippen LogP contribution in [0.1, 0.15) is 85.5 Å². The van der Waals surface area contributed by atoms with Crippen molar-refractivity contribution in [2.24, 2.45) is 17.3 Å².